The maximum absolute atomic E-state index is 14.1. The van der Waals surface area contributed by atoms with Gasteiger partial charge in [-0.2, -0.15) is 0 Å². The van der Waals surface area contributed by atoms with Gasteiger partial charge in [0.25, 0.3) is 5.91 Å². The highest BCUT2D eigenvalue weighted by atomic mass is 16.5. The van der Waals surface area contributed by atoms with Crippen molar-refractivity contribution in [2.45, 2.75) is 81.7 Å². The molecule has 0 radical (unpaired) electrons. The first kappa shape index (κ1) is 23.8. The average molecular weight is 468 g/mol. The number of rotatable bonds is 6. The minimum absolute atomic E-state index is 0.0590. The Kier molecular flexibility index (Phi) is 7.26. The Balaban J connectivity index is 1.43. The van der Waals surface area contributed by atoms with Gasteiger partial charge in [-0.15, -0.1) is 0 Å². The summed E-state index contributed by atoms with van der Waals surface area (Å²) < 4.78 is 5.39. The number of hydrogen-bond donors (Lipinski definition) is 1. The molecule has 1 N–H and O–H groups in total. The van der Waals surface area contributed by atoms with Crippen LogP contribution in [-0.2, 0) is 9.53 Å². The summed E-state index contributed by atoms with van der Waals surface area (Å²) in [6.07, 6.45) is 11.4. The Morgan fingerprint density at radius 2 is 1.85 bits per heavy atom. The van der Waals surface area contributed by atoms with Crippen molar-refractivity contribution in [2.75, 3.05) is 39.9 Å². The number of amides is 2. The molecule has 2 amide bonds. The number of nitrogens with one attached hydrogen (secondary N) is 1. The molecule has 6 nitrogen and oxygen atoms in total. The number of hydrogen-bond acceptors (Lipinski definition) is 4. The molecule has 1 unspecified atom stereocenters. The van der Waals surface area contributed by atoms with E-state index in [0.717, 1.165) is 37.8 Å². The van der Waals surface area contributed by atoms with Gasteiger partial charge in [0.05, 0.1) is 18.1 Å². The summed E-state index contributed by atoms with van der Waals surface area (Å²) in [5.74, 6) is 0.385. The summed E-state index contributed by atoms with van der Waals surface area (Å²) in [6, 6.07) is 8.43. The molecule has 3 atom stereocenters. The molecule has 3 fully saturated rings. The van der Waals surface area contributed by atoms with E-state index in [1.54, 1.807) is 7.11 Å². The van der Waals surface area contributed by atoms with Gasteiger partial charge in [-0.3, -0.25) is 9.59 Å². The van der Waals surface area contributed by atoms with Gasteiger partial charge in [-0.1, -0.05) is 43.9 Å². The van der Waals surface area contributed by atoms with Gasteiger partial charge < -0.3 is 19.9 Å². The van der Waals surface area contributed by atoms with Crippen LogP contribution in [0, 0.1) is 5.92 Å². The summed E-state index contributed by atoms with van der Waals surface area (Å²) in [7, 11) is 1.68. The van der Waals surface area contributed by atoms with Crippen LogP contribution in [0.25, 0.3) is 0 Å². The Labute approximate surface area is 204 Å². The van der Waals surface area contributed by atoms with E-state index in [1.165, 1.54) is 51.6 Å². The van der Waals surface area contributed by atoms with E-state index in [2.05, 4.69) is 10.2 Å². The number of ether oxygens (including phenoxy) is 1. The smallest absolute Gasteiger partial charge is 0.254 e. The Morgan fingerprint density at radius 1 is 1.06 bits per heavy atom. The molecule has 0 aromatic heterocycles. The first-order valence-corrected chi connectivity index (χ1v) is 13.6. The molecule has 34 heavy (non-hydrogen) atoms. The lowest BCUT2D eigenvalue weighted by Gasteiger charge is -2.54. The fraction of sp³-hybridized carbons (Fsp3) is 0.714. The van der Waals surface area contributed by atoms with Crippen LogP contribution in [-0.4, -0.2) is 73.1 Å². The number of piperidine rings is 2. The molecule has 2 saturated heterocycles. The van der Waals surface area contributed by atoms with E-state index in [4.69, 9.17) is 4.74 Å². The molecular formula is C28H41N3O3. The number of nitrogens with zero attached hydrogens (tertiary/aromatic N) is 2. The maximum atomic E-state index is 14.1. The van der Waals surface area contributed by atoms with Crippen LogP contribution in [0.3, 0.4) is 0 Å². The number of fused-ring (bicyclic) bond motifs is 2. The third-order valence-corrected chi connectivity index (χ3v) is 9.09. The lowest BCUT2D eigenvalue weighted by Crippen LogP contribution is -2.63. The van der Waals surface area contributed by atoms with Gasteiger partial charge in [-0.25, -0.2) is 0 Å². The summed E-state index contributed by atoms with van der Waals surface area (Å²) in [5, 5.41) is 3.42. The van der Waals surface area contributed by atoms with Gasteiger partial charge in [0.15, 0.2) is 0 Å². The van der Waals surface area contributed by atoms with Crippen molar-refractivity contribution in [3.63, 3.8) is 0 Å². The summed E-state index contributed by atoms with van der Waals surface area (Å²) in [6.45, 7) is 4.20. The zero-order chi connectivity index (χ0) is 23.5. The summed E-state index contributed by atoms with van der Waals surface area (Å²) in [5.41, 5.74) is 1.16. The molecular weight excluding hydrogens is 426 g/mol. The lowest BCUT2D eigenvalue weighted by molar-refractivity contribution is -0.128. The predicted octanol–water partition coefficient (Wildman–Crippen LogP) is 3.96. The van der Waals surface area contributed by atoms with Crippen LogP contribution in [0.1, 0.15) is 86.0 Å². The predicted molar refractivity (Wildman–Crippen MR) is 133 cm³/mol. The second kappa shape index (κ2) is 10.4. The topological polar surface area (TPSA) is 61.9 Å². The normalized spacial score (nSPS) is 28.9. The second-order valence-corrected chi connectivity index (χ2v) is 10.9. The number of carbonyl (C=O) groups is 2. The van der Waals surface area contributed by atoms with E-state index < -0.39 is 5.54 Å². The van der Waals surface area contributed by atoms with Crippen LogP contribution in [0.4, 0.5) is 0 Å². The SMILES string of the molecule is COCCN1C(=O)c2ccccc2C(C(=O)NC[C@@H]2CCCN3CCCC[C@H]23)C12CCCCC2. The van der Waals surface area contributed by atoms with E-state index in [9.17, 15) is 9.59 Å². The highest BCUT2D eigenvalue weighted by Gasteiger charge is 2.54. The highest BCUT2D eigenvalue weighted by Crippen LogP contribution is 2.49. The average Bonchev–Trinajstić information content (AvgIpc) is 2.88. The molecule has 186 valence electrons. The van der Waals surface area contributed by atoms with Crippen molar-refractivity contribution in [3.05, 3.63) is 35.4 Å². The van der Waals surface area contributed by atoms with Crippen molar-refractivity contribution in [1.29, 1.82) is 0 Å². The molecule has 6 heteroatoms. The molecule has 1 aliphatic carbocycles. The van der Waals surface area contributed by atoms with E-state index in [-0.39, 0.29) is 17.7 Å². The number of benzene rings is 1. The monoisotopic (exact) mass is 467 g/mol. The minimum Gasteiger partial charge on any atom is -0.383 e. The zero-order valence-electron chi connectivity index (χ0n) is 20.8. The molecule has 4 aliphatic rings. The van der Waals surface area contributed by atoms with Gasteiger partial charge in [0.2, 0.25) is 5.91 Å². The quantitative estimate of drug-likeness (QED) is 0.688. The Bertz CT molecular complexity index is 879. The van der Waals surface area contributed by atoms with Gasteiger partial charge in [-0.05, 0) is 69.2 Å². The molecule has 0 bridgehead atoms. The van der Waals surface area contributed by atoms with Crippen molar-refractivity contribution in [1.82, 2.24) is 15.1 Å². The van der Waals surface area contributed by atoms with E-state index in [1.807, 2.05) is 29.2 Å². The third-order valence-electron chi connectivity index (χ3n) is 9.09. The first-order chi connectivity index (χ1) is 16.7. The fourth-order valence-corrected chi connectivity index (χ4v) is 7.50. The molecule has 1 aromatic rings. The van der Waals surface area contributed by atoms with E-state index in [0.29, 0.717) is 30.7 Å². The van der Waals surface area contributed by atoms with Gasteiger partial charge in [0.1, 0.15) is 0 Å². The fourth-order valence-electron chi connectivity index (χ4n) is 7.50. The Morgan fingerprint density at radius 3 is 2.68 bits per heavy atom. The minimum atomic E-state index is -0.449. The van der Waals surface area contributed by atoms with Crippen LogP contribution < -0.4 is 5.32 Å². The van der Waals surface area contributed by atoms with Crippen molar-refractivity contribution < 1.29 is 14.3 Å². The summed E-state index contributed by atoms with van der Waals surface area (Å²) in [4.78, 5) is 32.4. The van der Waals surface area contributed by atoms with Crippen molar-refractivity contribution in [3.8, 4) is 0 Å². The van der Waals surface area contributed by atoms with Crippen molar-refractivity contribution in [2.24, 2.45) is 5.92 Å². The van der Waals surface area contributed by atoms with E-state index >= 15 is 0 Å². The van der Waals surface area contributed by atoms with Crippen LogP contribution in [0.2, 0.25) is 0 Å². The van der Waals surface area contributed by atoms with Crippen LogP contribution in [0.15, 0.2) is 24.3 Å². The number of methoxy groups -OCH3 is 1. The summed E-state index contributed by atoms with van der Waals surface area (Å²) >= 11 is 0. The molecule has 5 rings (SSSR count). The molecule has 1 spiro atoms. The van der Waals surface area contributed by atoms with Gasteiger partial charge in [0, 0.05) is 31.8 Å². The lowest BCUT2D eigenvalue weighted by atomic mass is 9.65. The zero-order valence-corrected chi connectivity index (χ0v) is 20.8. The number of carbonyl (C=O) groups excluding carboxylic acids is 2. The highest BCUT2D eigenvalue weighted by molar-refractivity contribution is 6.02. The first-order valence-electron chi connectivity index (χ1n) is 13.6. The standard InChI is InChI=1S/C28H41N3O3/c1-34-19-18-31-27(33)23-12-4-3-11-22(23)25(28(31)14-6-2-7-15-28)26(32)29-20-21-10-9-17-30-16-8-5-13-24(21)30/h3-4,11-12,21,24-25H,2,5-10,13-20H2,1H3,(H,29,32)/t21-,24+,25?/m0/s1. The largest absolute Gasteiger partial charge is 0.383 e. The Hall–Kier alpha value is -1.92. The molecule has 3 aliphatic heterocycles. The van der Waals surface area contributed by atoms with Crippen LogP contribution >= 0.6 is 0 Å². The third kappa shape index (κ3) is 4.28. The second-order valence-electron chi connectivity index (χ2n) is 10.9. The van der Waals surface area contributed by atoms with Crippen molar-refractivity contribution >= 4 is 11.8 Å². The van der Waals surface area contributed by atoms with Crippen LogP contribution in [0.5, 0.6) is 0 Å². The van der Waals surface area contributed by atoms with Gasteiger partial charge >= 0.3 is 0 Å². The molecule has 1 saturated carbocycles. The molecule has 3 heterocycles. The maximum Gasteiger partial charge on any atom is 0.254 e. The molecule has 1 aromatic carbocycles.